The maximum atomic E-state index is 12.9. The maximum absolute atomic E-state index is 12.9. The van der Waals surface area contributed by atoms with Crippen LogP contribution in [0.4, 0.5) is 0 Å². The van der Waals surface area contributed by atoms with Crippen LogP contribution in [0.25, 0.3) is 0 Å². The van der Waals surface area contributed by atoms with Gasteiger partial charge in [0.05, 0.1) is 12.8 Å². The third-order valence-corrected chi connectivity index (χ3v) is 5.70. The van der Waals surface area contributed by atoms with Gasteiger partial charge in [0, 0.05) is 0 Å². The number of para-hydroxylation sites is 1. The van der Waals surface area contributed by atoms with Crippen molar-refractivity contribution in [3.8, 4) is 17.2 Å². The van der Waals surface area contributed by atoms with E-state index in [0.29, 0.717) is 36.9 Å². The molecule has 206 valence electrons. The molecule has 0 bridgehead atoms. The molecule has 2 N–H and O–H groups in total. The molecule has 0 spiro atoms. The van der Waals surface area contributed by atoms with Gasteiger partial charge in [0.1, 0.15) is 18.4 Å². The molecule has 0 aliphatic carbocycles. The average molecular weight is 532 g/mol. The molecule has 0 aliphatic rings. The van der Waals surface area contributed by atoms with E-state index in [4.69, 9.17) is 14.2 Å². The number of hydrogen-bond acceptors (Lipinski definition) is 6. The number of carbonyl (C=O) groups is 2. The second-order valence-corrected chi connectivity index (χ2v) is 9.45. The van der Waals surface area contributed by atoms with Gasteiger partial charge in [-0.1, -0.05) is 62.4 Å². The van der Waals surface area contributed by atoms with Crippen molar-refractivity contribution in [3.63, 3.8) is 0 Å². The summed E-state index contributed by atoms with van der Waals surface area (Å²) >= 11 is 0. The Morgan fingerprint density at radius 3 is 2.36 bits per heavy atom. The Hall–Kier alpha value is -4.33. The highest BCUT2D eigenvalue weighted by Gasteiger charge is 2.22. The van der Waals surface area contributed by atoms with Crippen LogP contribution in [0.15, 0.2) is 77.9 Å². The topological polar surface area (TPSA) is 98.2 Å². The van der Waals surface area contributed by atoms with Crippen molar-refractivity contribution in [1.29, 1.82) is 0 Å². The first-order valence-electron chi connectivity index (χ1n) is 13.1. The van der Waals surface area contributed by atoms with E-state index in [0.717, 1.165) is 16.7 Å². The number of nitrogens with zero attached hydrogens (tertiary/aromatic N) is 1. The van der Waals surface area contributed by atoms with Gasteiger partial charge >= 0.3 is 0 Å². The largest absolute Gasteiger partial charge is 0.490 e. The molecule has 0 aliphatic heterocycles. The molecule has 0 fully saturated rings. The summed E-state index contributed by atoms with van der Waals surface area (Å²) in [7, 11) is 0. The van der Waals surface area contributed by atoms with Gasteiger partial charge in [0.25, 0.3) is 11.8 Å². The zero-order valence-electron chi connectivity index (χ0n) is 23.0. The first-order chi connectivity index (χ1) is 18.9. The van der Waals surface area contributed by atoms with Gasteiger partial charge in [-0.05, 0) is 67.1 Å². The van der Waals surface area contributed by atoms with Gasteiger partial charge in [-0.25, -0.2) is 5.43 Å². The third-order valence-electron chi connectivity index (χ3n) is 5.70. The van der Waals surface area contributed by atoms with Gasteiger partial charge in [-0.3, -0.25) is 9.59 Å². The summed E-state index contributed by atoms with van der Waals surface area (Å²) in [6, 6.07) is 22.0. The first kappa shape index (κ1) is 29.2. The molecule has 3 aromatic carbocycles. The number of rotatable bonds is 14. The second kappa shape index (κ2) is 15.2. The van der Waals surface area contributed by atoms with Gasteiger partial charge in [-0.15, -0.1) is 0 Å². The molecule has 0 heterocycles. The minimum absolute atomic E-state index is 0.180. The van der Waals surface area contributed by atoms with Crippen LogP contribution in [-0.2, 0) is 16.2 Å². The Bertz CT molecular complexity index is 1240. The number of amides is 2. The normalized spacial score (nSPS) is 11.7. The van der Waals surface area contributed by atoms with Crippen LogP contribution < -0.4 is 25.0 Å². The molecule has 0 aromatic heterocycles. The fourth-order valence-corrected chi connectivity index (χ4v) is 3.78. The molecule has 0 saturated heterocycles. The predicted octanol–water partition coefficient (Wildman–Crippen LogP) is 5.03. The number of benzene rings is 3. The number of nitrogens with one attached hydrogen (secondary N) is 2. The molecule has 0 radical (unpaired) electrons. The summed E-state index contributed by atoms with van der Waals surface area (Å²) in [6.45, 7) is 8.48. The summed E-state index contributed by atoms with van der Waals surface area (Å²) in [4.78, 5) is 25.4. The predicted molar refractivity (Wildman–Crippen MR) is 152 cm³/mol. The standard InChI is InChI=1S/C31H37N3O5/c1-5-37-29-18-25(15-16-28(29)38-20-24-12-7-6-8-13-24)19-32-34-31(36)26(17-22(2)3)33-30(35)21-39-27-14-10-9-11-23(27)4/h6-16,18-19,22,26H,5,17,20-21H2,1-4H3,(H,33,35)(H,34,36)/b32-19-/t26-/m0/s1. The number of hydrogen-bond donors (Lipinski definition) is 2. The summed E-state index contributed by atoms with van der Waals surface area (Å²) < 4.78 is 17.3. The fourth-order valence-electron chi connectivity index (χ4n) is 3.78. The Balaban J connectivity index is 1.58. The molecule has 0 saturated carbocycles. The summed E-state index contributed by atoms with van der Waals surface area (Å²) in [5.74, 6) is 1.23. The van der Waals surface area contributed by atoms with Crippen LogP contribution in [0.5, 0.6) is 17.2 Å². The number of ether oxygens (including phenoxy) is 3. The molecule has 3 aromatic rings. The minimum Gasteiger partial charge on any atom is -0.490 e. The molecule has 1 atom stereocenters. The van der Waals surface area contributed by atoms with Crippen LogP contribution >= 0.6 is 0 Å². The van der Waals surface area contributed by atoms with E-state index in [1.54, 1.807) is 12.1 Å². The smallest absolute Gasteiger partial charge is 0.262 e. The quantitative estimate of drug-likeness (QED) is 0.225. The van der Waals surface area contributed by atoms with Crippen molar-refractivity contribution >= 4 is 18.0 Å². The van der Waals surface area contributed by atoms with E-state index in [1.807, 2.05) is 88.4 Å². The van der Waals surface area contributed by atoms with E-state index in [-0.39, 0.29) is 18.4 Å². The SMILES string of the molecule is CCOc1cc(/C=N\NC(=O)[C@H](CC(C)C)NC(=O)COc2ccccc2C)ccc1OCc1ccccc1. The summed E-state index contributed by atoms with van der Waals surface area (Å²) in [5, 5.41) is 6.86. The summed E-state index contributed by atoms with van der Waals surface area (Å²) in [6.07, 6.45) is 1.98. The third kappa shape index (κ3) is 9.81. The first-order valence-corrected chi connectivity index (χ1v) is 13.1. The molecule has 3 rings (SSSR count). The number of hydrazone groups is 1. The molecule has 8 nitrogen and oxygen atoms in total. The molecule has 0 unspecified atom stereocenters. The van der Waals surface area contributed by atoms with Crippen LogP contribution in [0.2, 0.25) is 0 Å². The molecular formula is C31H37N3O5. The van der Waals surface area contributed by atoms with E-state index in [1.165, 1.54) is 6.21 Å². The van der Waals surface area contributed by atoms with Gasteiger partial charge in [0.2, 0.25) is 0 Å². The van der Waals surface area contributed by atoms with Gasteiger partial charge < -0.3 is 19.5 Å². The Morgan fingerprint density at radius 2 is 1.64 bits per heavy atom. The zero-order valence-corrected chi connectivity index (χ0v) is 23.0. The van der Waals surface area contributed by atoms with Gasteiger partial charge in [0.15, 0.2) is 18.1 Å². The van der Waals surface area contributed by atoms with Crippen molar-refractivity contribution < 1.29 is 23.8 Å². The van der Waals surface area contributed by atoms with Crippen molar-refractivity contribution in [1.82, 2.24) is 10.7 Å². The lowest BCUT2D eigenvalue weighted by atomic mass is 10.0. The van der Waals surface area contributed by atoms with E-state index >= 15 is 0 Å². The van der Waals surface area contributed by atoms with Crippen LogP contribution in [0.1, 0.15) is 43.9 Å². The highest BCUT2D eigenvalue weighted by molar-refractivity contribution is 5.89. The van der Waals surface area contributed by atoms with Crippen molar-refractivity contribution in [3.05, 3.63) is 89.5 Å². The average Bonchev–Trinajstić information content (AvgIpc) is 2.92. The lowest BCUT2D eigenvalue weighted by molar-refractivity contribution is -0.130. The number of carbonyl (C=O) groups excluding carboxylic acids is 2. The lowest BCUT2D eigenvalue weighted by Gasteiger charge is -2.19. The molecule has 39 heavy (non-hydrogen) atoms. The number of aryl methyl sites for hydroxylation is 1. The fraction of sp³-hybridized carbons (Fsp3) is 0.323. The van der Waals surface area contributed by atoms with Gasteiger partial charge in [-0.2, -0.15) is 5.10 Å². The minimum atomic E-state index is -0.747. The lowest BCUT2D eigenvalue weighted by Crippen LogP contribution is -2.47. The van der Waals surface area contributed by atoms with Crippen LogP contribution in [0.3, 0.4) is 0 Å². The van der Waals surface area contributed by atoms with E-state index < -0.39 is 11.9 Å². The van der Waals surface area contributed by atoms with Crippen molar-refractivity contribution in [2.24, 2.45) is 11.0 Å². The van der Waals surface area contributed by atoms with Crippen LogP contribution in [0, 0.1) is 12.8 Å². The highest BCUT2D eigenvalue weighted by Crippen LogP contribution is 2.29. The monoisotopic (exact) mass is 531 g/mol. The Morgan fingerprint density at radius 1 is 0.897 bits per heavy atom. The van der Waals surface area contributed by atoms with E-state index in [2.05, 4.69) is 15.8 Å². The van der Waals surface area contributed by atoms with Crippen LogP contribution in [-0.4, -0.2) is 37.3 Å². The Labute approximate surface area is 230 Å². The summed E-state index contributed by atoms with van der Waals surface area (Å²) in [5.41, 5.74) is 5.25. The zero-order chi connectivity index (χ0) is 28.0. The highest BCUT2D eigenvalue weighted by atomic mass is 16.5. The second-order valence-electron chi connectivity index (χ2n) is 9.45. The van der Waals surface area contributed by atoms with E-state index in [9.17, 15) is 9.59 Å². The van der Waals surface area contributed by atoms with Crippen molar-refractivity contribution in [2.45, 2.75) is 46.8 Å². The van der Waals surface area contributed by atoms with Crippen molar-refractivity contribution in [2.75, 3.05) is 13.2 Å². The molecule has 2 amide bonds. The molecule has 8 heteroatoms. The molecular weight excluding hydrogens is 494 g/mol. The maximum Gasteiger partial charge on any atom is 0.262 e. The Kier molecular flexibility index (Phi) is 11.4.